The summed E-state index contributed by atoms with van der Waals surface area (Å²) in [5, 5.41) is 93.8. The Hall–Kier alpha value is -10.5. The van der Waals surface area contributed by atoms with Crippen molar-refractivity contribution in [3.8, 4) is 23.0 Å². The third kappa shape index (κ3) is 14.6. The fraction of sp³-hybridized carbons (Fsp3) is 0.388. The third-order valence-electron chi connectivity index (χ3n) is 24.2. The van der Waals surface area contributed by atoms with Crippen molar-refractivity contribution in [2.24, 2.45) is 0 Å². The molecule has 4 aromatic carbocycles. The van der Waals surface area contributed by atoms with Crippen LogP contribution in [-0.4, -0.2) is 196 Å². The number of aromatic nitrogens is 8. The topological polar surface area (TPSA) is 379 Å². The van der Waals surface area contributed by atoms with E-state index in [0.29, 0.717) is 42.6 Å². The molecule has 16 N–H and O–H groups in total. The molecule has 4 aliphatic heterocycles. The number of ether oxygens (including phenoxy) is 4. The number of aliphatic hydroxyl groups excluding tert-OH is 8. The van der Waals surface area contributed by atoms with Gasteiger partial charge in [-0.15, -0.1) is 0 Å². The van der Waals surface area contributed by atoms with Gasteiger partial charge in [0.2, 0.25) is 0 Å². The molecule has 0 saturated heterocycles. The first-order valence-electron chi connectivity index (χ1n) is 39.1. The lowest BCUT2D eigenvalue weighted by Crippen LogP contribution is -2.35. The van der Waals surface area contributed by atoms with Crippen LogP contribution in [0.1, 0.15) is 94.4 Å². The first-order chi connectivity index (χ1) is 55.6. The molecule has 0 spiro atoms. The number of halogens is 3. The minimum absolute atomic E-state index is 0.225. The highest BCUT2D eigenvalue weighted by atomic mass is 19.1. The van der Waals surface area contributed by atoms with Gasteiger partial charge < -0.3 is 111 Å². The van der Waals surface area contributed by atoms with Crippen molar-refractivity contribution in [1.29, 1.82) is 0 Å². The van der Waals surface area contributed by atoms with Crippen LogP contribution >= 0.6 is 0 Å². The second-order valence-electron chi connectivity index (χ2n) is 31.4. The maximum atomic E-state index is 14.5. The number of anilines is 3. The molecule has 4 aliphatic carbocycles. The van der Waals surface area contributed by atoms with Crippen LogP contribution in [0.25, 0.3) is 44.1 Å². The predicted molar refractivity (Wildman–Crippen MR) is 424 cm³/mol. The van der Waals surface area contributed by atoms with E-state index in [2.05, 4.69) is 71.7 Å². The molecule has 115 heavy (non-hydrogen) atoms. The van der Waals surface area contributed by atoms with Crippen LogP contribution in [0.3, 0.4) is 0 Å². The minimum atomic E-state index is -1.12. The van der Waals surface area contributed by atoms with Gasteiger partial charge in [0.05, 0.1) is 40.3 Å². The van der Waals surface area contributed by atoms with Crippen LogP contribution < -0.4 is 46.8 Å². The van der Waals surface area contributed by atoms with Crippen LogP contribution in [0.15, 0.2) is 159 Å². The van der Waals surface area contributed by atoms with Gasteiger partial charge in [0.1, 0.15) is 119 Å². The number of rotatable bonds is 12. The molecule has 27 nitrogen and oxygen atoms in total. The highest BCUT2D eigenvalue weighted by Gasteiger charge is 2.49. The Labute approximate surface area is 659 Å². The van der Waals surface area contributed by atoms with Crippen LogP contribution in [-0.2, 0) is 52.0 Å². The number of hydrogen-bond donors (Lipinski definition) is 13. The zero-order valence-corrected chi connectivity index (χ0v) is 63.4. The molecule has 12 heterocycles. The lowest BCUT2D eigenvalue weighted by atomic mass is 9.99. The predicted octanol–water partition coefficient (Wildman–Crippen LogP) is 6.99. The van der Waals surface area contributed by atoms with Crippen LogP contribution in [0.5, 0.6) is 23.0 Å². The molecule has 0 bridgehead atoms. The quantitative estimate of drug-likeness (QED) is 0.0586. The second kappa shape index (κ2) is 32.0. The maximum Gasteiger partial charge on any atom is 0.152 e. The second-order valence-corrected chi connectivity index (χ2v) is 31.4. The lowest BCUT2D eigenvalue weighted by Gasteiger charge is -2.28. The van der Waals surface area contributed by atoms with Gasteiger partial charge in [-0.25, -0.2) is 33.1 Å². The van der Waals surface area contributed by atoms with Crippen LogP contribution in [0, 0.1) is 17.5 Å². The Morgan fingerprint density at radius 1 is 0.374 bits per heavy atom. The number of pyridine rings is 4. The molecule has 8 aliphatic rings. The highest BCUT2D eigenvalue weighted by Crippen LogP contribution is 2.45. The normalized spacial score (nSPS) is 27.0. The van der Waals surface area contributed by atoms with Crippen molar-refractivity contribution >= 4 is 61.2 Å². The van der Waals surface area contributed by atoms with E-state index >= 15 is 0 Å². The van der Waals surface area contributed by atoms with Gasteiger partial charge in [0.25, 0.3) is 0 Å². The SMILES string of the molecule is CN1CCc2cccc(O[C@H]3C[C@@H](n4cc(F)c5c(N)ccnc54)[C@H](O)[C@@H]3O)c2C1.CN1Cc2cccc(O[C@H]3C[C@@H](n4cc(F)c5c(N)ccnc54)[C@H](O)[C@@H]3O)c2C1.Nc1ccnc2c1c(F)cn2[C@@H]1C[C@H](Oc2cccc3c2CCNC3)[C@@H](O)[C@H]1O.O[C@@H]1[C@H](O)[C@@H](Oc2cccc3c2CNCC3)C[C@H]1n1ccc2cccnc21. The third-order valence-corrected chi connectivity index (χ3v) is 24.2. The molecule has 0 radical (unpaired) electrons. The summed E-state index contributed by atoms with van der Waals surface area (Å²) in [7, 11) is 4.10. The summed E-state index contributed by atoms with van der Waals surface area (Å²) in [5.74, 6) is 1.47. The average Bonchev–Trinajstić information content (AvgIpc) is 1.22. The molecule has 0 unspecified atom stereocenters. The van der Waals surface area contributed by atoms with E-state index in [9.17, 15) is 54.0 Å². The Morgan fingerprint density at radius 3 is 1.25 bits per heavy atom. The van der Waals surface area contributed by atoms with Gasteiger partial charge in [-0.1, -0.05) is 48.5 Å². The van der Waals surface area contributed by atoms with Crippen LogP contribution in [0.4, 0.5) is 30.2 Å². The van der Waals surface area contributed by atoms with Gasteiger partial charge in [0, 0.05) is 154 Å². The zero-order chi connectivity index (χ0) is 79.8. The summed E-state index contributed by atoms with van der Waals surface area (Å²) in [6.07, 6.45) is 5.51. The number of nitrogens with one attached hydrogen (secondary N) is 2. The number of hydrogen-bond acceptors (Lipinski definition) is 23. The number of likely N-dealkylation sites (N-methyl/N-ethyl adjacent to an activating group) is 1. The van der Waals surface area contributed by atoms with E-state index < -0.39 is 109 Å². The molecule has 602 valence electrons. The molecule has 4 fully saturated rings. The first kappa shape index (κ1) is 77.1. The van der Waals surface area contributed by atoms with Gasteiger partial charge in [-0.05, 0) is 135 Å². The molecular formula is C85H94F3N15O12. The van der Waals surface area contributed by atoms with Gasteiger partial charge in [-0.2, -0.15) is 0 Å². The van der Waals surface area contributed by atoms with E-state index in [4.69, 9.17) is 36.1 Å². The number of nitrogens with zero attached hydrogens (tertiary/aromatic N) is 10. The molecular weight excluding hydrogens is 1480 g/mol. The molecule has 16 atom stereocenters. The number of aliphatic hydroxyl groups is 8. The first-order valence-corrected chi connectivity index (χ1v) is 39.1. The standard InChI is InChI=1S/C22H25FN4O3.2C21H23FN4O3.C21H23N3O3/c1-26-8-6-12-3-2-4-17(13(12)10-26)30-18-9-16(20(28)21(18)29)27-11-14(23)19-15(24)5-7-25-22(19)27;1-25-8-11-3-2-4-16(12(11)9-25)29-17-7-15(19(27)20(17)28)26-10-13(22)18-14(23)5-6-24-21(18)26;22-13-10-26(21-18(13)14(23)5-7-25-21)15-8-17(20(28)19(15)27)29-16-3-1-2-11-9-24-6-4-12(11)16;25-19-16(24-10-7-14-4-2-8-23-21(14)24)11-18(20(19)26)27-17-5-1-3-13-6-9-22-12-15(13)17/h2-5,7,11,16,18,20-21,28-29H,6,8-10H2,1H3,(H2,24,25);2-6,10,15,17,19-20,27-28H,7-9H2,1H3,(H2,23,24);1-3,5,7,10,15,17,19-20,24,27-28H,4,6,8-9H2,(H2,23,25);1-5,7-8,10,16,18-20,22,25-26H,6,9,11-12H2/t16-,18+,20+,21-;2*15-,17+,19+,20-;16-,18+,19+,20-/m1111/s1. The van der Waals surface area contributed by atoms with Crippen molar-refractivity contribution in [1.82, 2.24) is 58.6 Å². The fourth-order valence-corrected chi connectivity index (χ4v) is 18.2. The van der Waals surface area contributed by atoms with Crippen LogP contribution in [0.2, 0.25) is 0 Å². The number of fused-ring (bicyclic) bond motifs is 8. The van der Waals surface area contributed by atoms with Gasteiger partial charge in [-0.3, -0.25) is 4.90 Å². The Kier molecular flexibility index (Phi) is 21.4. The van der Waals surface area contributed by atoms with Gasteiger partial charge in [0.15, 0.2) is 17.5 Å². The average molecular weight is 1570 g/mol. The van der Waals surface area contributed by atoms with E-state index in [1.165, 1.54) is 77.6 Å². The van der Waals surface area contributed by atoms with Gasteiger partial charge >= 0.3 is 0 Å². The van der Waals surface area contributed by atoms with E-state index in [1.54, 1.807) is 19.9 Å². The number of nitrogens with two attached hydrogens (primary N) is 3. The summed E-state index contributed by atoms with van der Waals surface area (Å²) < 4.78 is 74.8. The van der Waals surface area contributed by atoms with E-state index in [0.717, 1.165) is 128 Å². The smallest absolute Gasteiger partial charge is 0.152 e. The summed E-state index contributed by atoms with van der Waals surface area (Å²) in [6.45, 7) is 6.79. The monoisotopic (exact) mass is 1570 g/mol. The summed E-state index contributed by atoms with van der Waals surface area (Å²) in [4.78, 5) is 21.6. The molecule has 0 amide bonds. The zero-order valence-electron chi connectivity index (χ0n) is 63.4. The van der Waals surface area contributed by atoms with Crippen molar-refractivity contribution in [3.05, 3.63) is 221 Å². The highest BCUT2D eigenvalue weighted by molar-refractivity contribution is 5.91. The summed E-state index contributed by atoms with van der Waals surface area (Å²) in [6, 6.07) is 32.3. The fourth-order valence-electron chi connectivity index (χ4n) is 18.2. The lowest BCUT2D eigenvalue weighted by molar-refractivity contribution is -0.0168. The molecule has 20 rings (SSSR count). The largest absolute Gasteiger partial charge is 0.487 e. The van der Waals surface area contributed by atoms with Crippen molar-refractivity contribution in [3.63, 3.8) is 0 Å². The molecule has 4 saturated carbocycles. The summed E-state index contributed by atoms with van der Waals surface area (Å²) in [5.41, 5.74) is 29.8. The number of nitrogen functional groups attached to an aromatic ring is 3. The summed E-state index contributed by atoms with van der Waals surface area (Å²) >= 11 is 0. The minimum Gasteiger partial charge on any atom is -0.487 e. The van der Waals surface area contributed by atoms with E-state index in [1.807, 2.05) is 84.5 Å². The van der Waals surface area contributed by atoms with E-state index in [-0.39, 0.29) is 39.3 Å². The Balaban J connectivity index is 0.000000111. The molecule has 30 heteroatoms. The molecule has 12 aromatic rings. The Morgan fingerprint density at radius 2 is 0.765 bits per heavy atom. The molecule has 8 aromatic heterocycles. The number of benzene rings is 4. The maximum absolute atomic E-state index is 14.5. The van der Waals surface area contributed by atoms with Crippen molar-refractivity contribution in [2.45, 2.75) is 175 Å². The Bertz CT molecular complexity index is 5570. The van der Waals surface area contributed by atoms with Crippen molar-refractivity contribution in [2.75, 3.05) is 50.9 Å². The van der Waals surface area contributed by atoms with Crippen molar-refractivity contribution < 1.29 is 73.0 Å².